The van der Waals surface area contributed by atoms with E-state index < -0.39 is 0 Å². The predicted octanol–water partition coefficient (Wildman–Crippen LogP) is 3.89. The Morgan fingerprint density at radius 2 is 1.87 bits per heavy atom. The maximum atomic E-state index is 2.44. The highest BCUT2D eigenvalue weighted by Crippen LogP contribution is 2.33. The second-order valence-electron chi connectivity index (χ2n) is 4.47. The largest absolute Gasteiger partial charge is 0.0651 e. The molecule has 3 rings (SSSR count). The van der Waals surface area contributed by atoms with E-state index in [2.05, 4.69) is 37.3 Å². The van der Waals surface area contributed by atoms with E-state index in [4.69, 9.17) is 0 Å². The van der Waals surface area contributed by atoms with Gasteiger partial charge in [0.1, 0.15) is 0 Å². The zero-order valence-corrected chi connectivity index (χ0v) is 9.22. The van der Waals surface area contributed by atoms with Crippen LogP contribution in [-0.4, -0.2) is 0 Å². The lowest BCUT2D eigenvalue weighted by atomic mass is 9.82. The molecule has 0 amide bonds. The van der Waals surface area contributed by atoms with Gasteiger partial charge in [0.15, 0.2) is 0 Å². The van der Waals surface area contributed by atoms with Gasteiger partial charge in [0.25, 0.3) is 0 Å². The zero-order chi connectivity index (χ0) is 10.3. The molecule has 0 radical (unpaired) electrons. The van der Waals surface area contributed by atoms with Gasteiger partial charge in [-0.3, -0.25) is 0 Å². The summed E-state index contributed by atoms with van der Waals surface area (Å²) in [5, 5.41) is 2.99. The van der Waals surface area contributed by atoms with Gasteiger partial charge in [-0.2, -0.15) is 0 Å². The molecule has 0 aromatic heterocycles. The molecule has 0 spiro atoms. The number of fused-ring (bicyclic) bond motifs is 3. The molecule has 0 heterocycles. The first-order chi connectivity index (χ1) is 7.40. The summed E-state index contributed by atoms with van der Waals surface area (Å²) >= 11 is 0. The van der Waals surface area contributed by atoms with Gasteiger partial charge in [-0.25, -0.2) is 0 Å². The third kappa shape index (κ3) is 1.28. The minimum Gasteiger partial charge on any atom is -0.0651 e. The fourth-order valence-corrected chi connectivity index (χ4v) is 2.65. The lowest BCUT2D eigenvalue weighted by molar-refractivity contribution is 0.840. The van der Waals surface area contributed by atoms with Crippen molar-refractivity contribution in [1.82, 2.24) is 0 Å². The van der Waals surface area contributed by atoms with E-state index in [0.717, 1.165) is 0 Å². The highest BCUT2D eigenvalue weighted by atomic mass is 14.2. The highest BCUT2D eigenvalue weighted by molar-refractivity contribution is 5.91. The first-order valence-electron chi connectivity index (χ1n) is 5.92. The van der Waals surface area contributed by atoms with Gasteiger partial charge in [-0.05, 0) is 46.7 Å². The van der Waals surface area contributed by atoms with Crippen LogP contribution >= 0.6 is 0 Å². The summed E-state index contributed by atoms with van der Waals surface area (Å²) in [4.78, 5) is 0. The van der Waals surface area contributed by atoms with E-state index in [1.165, 1.54) is 36.5 Å². The molecule has 0 atom stereocenters. The van der Waals surface area contributed by atoms with E-state index in [1.54, 1.807) is 16.7 Å². The molecule has 1 aliphatic carbocycles. The van der Waals surface area contributed by atoms with Gasteiger partial charge in [-0.1, -0.05) is 43.7 Å². The Labute approximate surface area is 90.9 Å². The van der Waals surface area contributed by atoms with E-state index in [1.807, 2.05) is 0 Å². The molecule has 0 aliphatic heterocycles. The fourth-order valence-electron chi connectivity index (χ4n) is 2.65. The van der Waals surface area contributed by atoms with Crippen molar-refractivity contribution >= 4 is 10.8 Å². The lowest BCUT2D eigenvalue weighted by Crippen LogP contribution is -2.10. The van der Waals surface area contributed by atoms with Crippen LogP contribution in [0, 0.1) is 0 Å². The fraction of sp³-hybridized carbons (Fsp3) is 0.333. The predicted molar refractivity (Wildman–Crippen MR) is 65.4 cm³/mol. The quantitative estimate of drug-likeness (QED) is 0.683. The first-order valence-corrected chi connectivity index (χ1v) is 5.92. The van der Waals surface area contributed by atoms with Gasteiger partial charge in [-0.15, -0.1) is 0 Å². The minimum absolute atomic E-state index is 1.22. The van der Waals surface area contributed by atoms with Crippen molar-refractivity contribution in [2.75, 3.05) is 0 Å². The van der Waals surface area contributed by atoms with Crippen molar-refractivity contribution in [2.24, 2.45) is 0 Å². The molecule has 1 aliphatic rings. The Balaban J connectivity index is 2.31. The molecule has 15 heavy (non-hydrogen) atoms. The maximum Gasteiger partial charge on any atom is -0.0146 e. The van der Waals surface area contributed by atoms with Crippen molar-refractivity contribution in [3.63, 3.8) is 0 Å². The number of benzene rings is 2. The van der Waals surface area contributed by atoms with E-state index >= 15 is 0 Å². The van der Waals surface area contributed by atoms with Gasteiger partial charge >= 0.3 is 0 Å². The van der Waals surface area contributed by atoms with Crippen LogP contribution in [0.25, 0.3) is 10.8 Å². The monoisotopic (exact) mass is 196 g/mol. The standard InChI is InChI=1S/C15H16/c1-2-5-11-10-12-8-9-14(12)15-7-4-3-6-13(11)15/h3-4,6-7,10H,2,5,8-9H2,1H3. The van der Waals surface area contributed by atoms with Crippen molar-refractivity contribution in [3.8, 4) is 0 Å². The number of hydrogen-bond donors (Lipinski definition) is 0. The average molecular weight is 196 g/mol. The Kier molecular flexibility index (Phi) is 2.02. The summed E-state index contributed by atoms with van der Waals surface area (Å²) in [7, 11) is 0. The van der Waals surface area contributed by atoms with Crippen LogP contribution in [0.15, 0.2) is 30.3 Å². The summed E-state index contributed by atoms with van der Waals surface area (Å²) in [5.74, 6) is 0. The third-order valence-corrected chi connectivity index (χ3v) is 3.50. The summed E-state index contributed by atoms with van der Waals surface area (Å²) in [6.45, 7) is 2.26. The van der Waals surface area contributed by atoms with Crippen LogP contribution in [0.1, 0.15) is 30.0 Å². The molecule has 2 aromatic carbocycles. The van der Waals surface area contributed by atoms with Crippen LogP contribution in [-0.2, 0) is 19.3 Å². The minimum atomic E-state index is 1.22. The number of aryl methyl sites for hydroxylation is 3. The van der Waals surface area contributed by atoms with Crippen molar-refractivity contribution in [3.05, 3.63) is 47.0 Å². The van der Waals surface area contributed by atoms with Crippen LogP contribution in [0.5, 0.6) is 0 Å². The molecule has 0 bridgehead atoms. The molecular weight excluding hydrogens is 180 g/mol. The molecule has 0 nitrogen and oxygen atoms in total. The summed E-state index contributed by atoms with van der Waals surface area (Å²) < 4.78 is 0. The Morgan fingerprint density at radius 1 is 1.07 bits per heavy atom. The Hall–Kier alpha value is -1.30. The summed E-state index contributed by atoms with van der Waals surface area (Å²) in [6, 6.07) is 11.3. The molecule has 0 N–H and O–H groups in total. The SMILES string of the molecule is CCCc1cc2c(c3ccccc13)CC2. The summed E-state index contributed by atoms with van der Waals surface area (Å²) in [5.41, 5.74) is 4.74. The van der Waals surface area contributed by atoms with Crippen molar-refractivity contribution in [2.45, 2.75) is 32.6 Å². The van der Waals surface area contributed by atoms with Gasteiger partial charge in [0.2, 0.25) is 0 Å². The van der Waals surface area contributed by atoms with Crippen LogP contribution < -0.4 is 0 Å². The van der Waals surface area contributed by atoms with Gasteiger partial charge in [0, 0.05) is 0 Å². The Morgan fingerprint density at radius 3 is 2.53 bits per heavy atom. The van der Waals surface area contributed by atoms with Crippen LogP contribution in [0.3, 0.4) is 0 Å². The maximum absolute atomic E-state index is 2.44. The second-order valence-corrected chi connectivity index (χ2v) is 4.47. The Bertz CT molecular complexity index is 509. The molecule has 76 valence electrons. The first kappa shape index (κ1) is 8.96. The average Bonchev–Trinajstić information content (AvgIpc) is 2.22. The molecule has 2 aromatic rings. The normalized spacial score (nSPS) is 13.7. The smallest absolute Gasteiger partial charge is 0.0146 e. The van der Waals surface area contributed by atoms with Gasteiger partial charge in [0.05, 0.1) is 0 Å². The number of rotatable bonds is 2. The van der Waals surface area contributed by atoms with Gasteiger partial charge < -0.3 is 0 Å². The molecule has 0 fully saturated rings. The zero-order valence-electron chi connectivity index (χ0n) is 9.22. The highest BCUT2D eigenvalue weighted by Gasteiger charge is 2.17. The molecule has 0 unspecified atom stereocenters. The van der Waals surface area contributed by atoms with Crippen LogP contribution in [0.2, 0.25) is 0 Å². The second kappa shape index (κ2) is 3.37. The van der Waals surface area contributed by atoms with Crippen molar-refractivity contribution in [1.29, 1.82) is 0 Å². The topological polar surface area (TPSA) is 0 Å². The molecule has 0 saturated heterocycles. The molecule has 0 heteroatoms. The molecular formula is C15H16. The summed E-state index contributed by atoms with van der Waals surface area (Å²) in [6.07, 6.45) is 5.02. The number of hydrogen-bond acceptors (Lipinski definition) is 0. The van der Waals surface area contributed by atoms with E-state index in [0.29, 0.717) is 0 Å². The lowest BCUT2D eigenvalue weighted by Gasteiger charge is -2.23. The van der Waals surface area contributed by atoms with Crippen molar-refractivity contribution < 1.29 is 0 Å². The van der Waals surface area contributed by atoms with Crippen LogP contribution in [0.4, 0.5) is 0 Å². The van der Waals surface area contributed by atoms with E-state index in [9.17, 15) is 0 Å². The third-order valence-electron chi connectivity index (χ3n) is 3.50. The van der Waals surface area contributed by atoms with E-state index in [-0.39, 0.29) is 0 Å². The molecule has 0 saturated carbocycles.